The Labute approximate surface area is 144 Å². The number of aliphatic hydroxyl groups excluding tert-OH is 1. The van der Waals surface area contributed by atoms with Crippen molar-refractivity contribution >= 4 is 0 Å². The number of nitrogens with one attached hydrogen (secondary N) is 1. The molecule has 0 saturated heterocycles. The van der Waals surface area contributed by atoms with E-state index < -0.39 is 0 Å². The Hall–Kier alpha value is -2.04. The summed E-state index contributed by atoms with van der Waals surface area (Å²) in [6.45, 7) is 8.15. The summed E-state index contributed by atoms with van der Waals surface area (Å²) in [4.78, 5) is 0. The summed E-state index contributed by atoms with van der Waals surface area (Å²) in [5.41, 5.74) is 3.46. The molecule has 0 radical (unpaired) electrons. The third-order valence-electron chi connectivity index (χ3n) is 3.55. The normalized spacial score (nSPS) is 12.0. The Morgan fingerprint density at radius 1 is 1.04 bits per heavy atom. The Morgan fingerprint density at radius 2 is 1.88 bits per heavy atom. The predicted molar refractivity (Wildman–Crippen MR) is 96.5 cm³/mol. The smallest absolute Gasteiger partial charge is 0.161 e. The average molecular weight is 329 g/mol. The molecule has 24 heavy (non-hydrogen) atoms. The van der Waals surface area contributed by atoms with Crippen molar-refractivity contribution in [1.82, 2.24) is 5.32 Å². The molecule has 0 aliphatic heterocycles. The van der Waals surface area contributed by atoms with E-state index in [1.54, 1.807) is 6.92 Å². The van der Waals surface area contributed by atoms with Crippen LogP contribution in [0.2, 0.25) is 0 Å². The number of aryl methyl sites for hydroxylation is 1. The van der Waals surface area contributed by atoms with Gasteiger partial charge in [0, 0.05) is 13.1 Å². The molecule has 2 aromatic carbocycles. The summed E-state index contributed by atoms with van der Waals surface area (Å²) in [6.07, 6.45) is -0.353. The first kappa shape index (κ1) is 18.3. The van der Waals surface area contributed by atoms with Crippen LogP contribution in [0.4, 0.5) is 0 Å². The van der Waals surface area contributed by atoms with Crippen LogP contribution < -0.4 is 14.8 Å². The van der Waals surface area contributed by atoms with Crippen molar-refractivity contribution in [1.29, 1.82) is 0 Å². The van der Waals surface area contributed by atoms with Crippen LogP contribution in [0.1, 0.15) is 30.5 Å². The van der Waals surface area contributed by atoms with Crippen molar-refractivity contribution in [3.05, 3.63) is 59.2 Å². The maximum absolute atomic E-state index is 9.30. The lowest BCUT2D eigenvalue weighted by Gasteiger charge is -2.14. The van der Waals surface area contributed by atoms with E-state index in [0.717, 1.165) is 22.6 Å². The fraction of sp³-hybridized carbons (Fsp3) is 0.400. The lowest BCUT2D eigenvalue weighted by atomic mass is 10.1. The molecule has 130 valence electrons. The monoisotopic (exact) mass is 329 g/mol. The number of rotatable bonds is 9. The van der Waals surface area contributed by atoms with E-state index in [1.165, 1.54) is 5.56 Å². The number of hydrogen-bond acceptors (Lipinski definition) is 4. The Bertz CT molecular complexity index is 641. The van der Waals surface area contributed by atoms with Gasteiger partial charge in [-0.2, -0.15) is 0 Å². The van der Waals surface area contributed by atoms with Gasteiger partial charge >= 0.3 is 0 Å². The predicted octanol–water partition coefficient (Wildman–Crippen LogP) is 3.44. The number of benzene rings is 2. The molecular formula is C20H27NO3. The fourth-order valence-electron chi connectivity index (χ4n) is 2.44. The quantitative estimate of drug-likeness (QED) is 0.740. The van der Waals surface area contributed by atoms with Crippen LogP contribution in [0.25, 0.3) is 0 Å². The van der Waals surface area contributed by atoms with Crippen molar-refractivity contribution in [3.63, 3.8) is 0 Å². The van der Waals surface area contributed by atoms with Crippen molar-refractivity contribution < 1.29 is 14.6 Å². The number of hydrogen-bond donors (Lipinski definition) is 2. The molecule has 2 rings (SSSR count). The zero-order chi connectivity index (χ0) is 17.4. The summed E-state index contributed by atoms with van der Waals surface area (Å²) in [6, 6.07) is 14.2. The molecule has 0 bridgehead atoms. The summed E-state index contributed by atoms with van der Waals surface area (Å²) in [5, 5.41) is 12.5. The summed E-state index contributed by atoms with van der Waals surface area (Å²) in [5.74, 6) is 1.50. The molecular weight excluding hydrogens is 302 g/mol. The van der Waals surface area contributed by atoms with E-state index in [4.69, 9.17) is 9.47 Å². The molecule has 0 spiro atoms. The summed E-state index contributed by atoms with van der Waals surface area (Å²) >= 11 is 0. The van der Waals surface area contributed by atoms with Gasteiger partial charge in [0.15, 0.2) is 11.5 Å². The summed E-state index contributed by atoms with van der Waals surface area (Å²) in [7, 11) is 0. The van der Waals surface area contributed by atoms with E-state index in [9.17, 15) is 5.11 Å². The van der Waals surface area contributed by atoms with Crippen LogP contribution in [-0.4, -0.2) is 24.4 Å². The van der Waals surface area contributed by atoms with Gasteiger partial charge in [0.2, 0.25) is 0 Å². The van der Waals surface area contributed by atoms with Gasteiger partial charge in [-0.25, -0.2) is 0 Å². The van der Waals surface area contributed by atoms with E-state index in [-0.39, 0.29) is 6.10 Å². The zero-order valence-corrected chi connectivity index (χ0v) is 14.7. The minimum Gasteiger partial charge on any atom is -0.490 e. The Balaban J connectivity index is 2.02. The first-order valence-corrected chi connectivity index (χ1v) is 8.41. The van der Waals surface area contributed by atoms with E-state index >= 15 is 0 Å². The minimum atomic E-state index is -0.353. The highest BCUT2D eigenvalue weighted by Gasteiger charge is 2.07. The van der Waals surface area contributed by atoms with Crippen molar-refractivity contribution in [2.75, 3.05) is 13.2 Å². The van der Waals surface area contributed by atoms with E-state index in [2.05, 4.69) is 30.4 Å². The maximum atomic E-state index is 9.30. The van der Waals surface area contributed by atoms with Crippen LogP contribution in [0, 0.1) is 6.92 Å². The lowest BCUT2D eigenvalue weighted by Crippen LogP contribution is -2.23. The summed E-state index contributed by atoms with van der Waals surface area (Å²) < 4.78 is 11.7. The van der Waals surface area contributed by atoms with Crippen LogP contribution in [0.5, 0.6) is 11.5 Å². The standard InChI is InChI=1S/C20H27NO3/c1-4-23-20-11-17(13-21-12-16(3)22)8-9-19(20)24-14-18-7-5-6-15(2)10-18/h5-11,16,21-22H,4,12-14H2,1-3H3. The minimum absolute atomic E-state index is 0.353. The van der Waals surface area contributed by atoms with Crippen LogP contribution in [-0.2, 0) is 13.2 Å². The number of ether oxygens (including phenoxy) is 2. The molecule has 0 saturated carbocycles. The molecule has 4 nitrogen and oxygen atoms in total. The first-order valence-electron chi connectivity index (χ1n) is 8.41. The van der Waals surface area contributed by atoms with Gasteiger partial charge in [0.1, 0.15) is 6.61 Å². The molecule has 0 aliphatic rings. The lowest BCUT2D eigenvalue weighted by molar-refractivity contribution is 0.191. The molecule has 1 atom stereocenters. The van der Waals surface area contributed by atoms with Gasteiger partial charge in [0.05, 0.1) is 12.7 Å². The van der Waals surface area contributed by atoms with Crippen molar-refractivity contribution in [3.8, 4) is 11.5 Å². The highest BCUT2D eigenvalue weighted by Crippen LogP contribution is 2.29. The van der Waals surface area contributed by atoms with E-state index in [0.29, 0.717) is 26.3 Å². The van der Waals surface area contributed by atoms with Crippen LogP contribution in [0.3, 0.4) is 0 Å². The second-order valence-corrected chi connectivity index (χ2v) is 5.97. The average Bonchev–Trinajstić information content (AvgIpc) is 2.54. The van der Waals surface area contributed by atoms with Crippen LogP contribution in [0.15, 0.2) is 42.5 Å². The van der Waals surface area contributed by atoms with Gasteiger partial charge in [-0.3, -0.25) is 0 Å². The SMILES string of the molecule is CCOc1cc(CNCC(C)O)ccc1OCc1cccc(C)c1. The molecule has 1 unspecified atom stereocenters. The van der Waals surface area contributed by atoms with Gasteiger partial charge in [0.25, 0.3) is 0 Å². The largest absolute Gasteiger partial charge is 0.490 e. The Morgan fingerprint density at radius 3 is 2.58 bits per heavy atom. The first-order chi connectivity index (χ1) is 11.6. The van der Waals surface area contributed by atoms with Gasteiger partial charge in [-0.15, -0.1) is 0 Å². The second kappa shape index (κ2) is 9.30. The van der Waals surface area contributed by atoms with Crippen LogP contribution >= 0.6 is 0 Å². The highest BCUT2D eigenvalue weighted by molar-refractivity contribution is 5.43. The van der Waals surface area contributed by atoms with Gasteiger partial charge in [-0.1, -0.05) is 35.9 Å². The maximum Gasteiger partial charge on any atom is 0.161 e. The third kappa shape index (κ3) is 5.87. The van der Waals surface area contributed by atoms with E-state index in [1.807, 2.05) is 31.2 Å². The third-order valence-corrected chi connectivity index (χ3v) is 3.55. The molecule has 0 heterocycles. The highest BCUT2D eigenvalue weighted by atomic mass is 16.5. The molecule has 0 amide bonds. The molecule has 2 aromatic rings. The van der Waals surface area contributed by atoms with Crippen molar-refractivity contribution in [2.45, 2.75) is 40.0 Å². The van der Waals surface area contributed by atoms with Gasteiger partial charge in [-0.05, 0) is 44.0 Å². The van der Waals surface area contributed by atoms with Crippen molar-refractivity contribution in [2.24, 2.45) is 0 Å². The molecule has 2 N–H and O–H groups in total. The Kier molecular flexibility index (Phi) is 7.09. The molecule has 0 aromatic heterocycles. The fourth-order valence-corrected chi connectivity index (χ4v) is 2.44. The zero-order valence-electron chi connectivity index (χ0n) is 14.7. The molecule has 0 aliphatic carbocycles. The van der Waals surface area contributed by atoms with Gasteiger partial charge < -0.3 is 19.9 Å². The molecule has 0 fully saturated rings. The molecule has 4 heteroatoms. The second-order valence-electron chi connectivity index (χ2n) is 5.97. The topological polar surface area (TPSA) is 50.7 Å². The number of aliphatic hydroxyl groups is 1.